The van der Waals surface area contributed by atoms with Crippen molar-refractivity contribution in [3.05, 3.63) is 76.2 Å². The summed E-state index contributed by atoms with van der Waals surface area (Å²) in [6.07, 6.45) is 1.47. The number of rotatable bonds is 3. The van der Waals surface area contributed by atoms with Crippen LogP contribution in [-0.4, -0.2) is 11.8 Å². The lowest BCUT2D eigenvalue weighted by atomic mass is 9.86. The van der Waals surface area contributed by atoms with Gasteiger partial charge in [-0.05, 0) is 42.3 Å². The number of benzene rings is 2. The molecule has 1 atom stereocenters. The lowest BCUT2D eigenvalue weighted by Gasteiger charge is -2.24. The van der Waals surface area contributed by atoms with E-state index in [1.807, 2.05) is 0 Å². The summed E-state index contributed by atoms with van der Waals surface area (Å²) in [5, 5.41) is 5.92. The van der Waals surface area contributed by atoms with E-state index in [9.17, 15) is 14.0 Å². The molecule has 6 heteroatoms. The molecule has 2 N–H and O–H groups in total. The van der Waals surface area contributed by atoms with E-state index >= 15 is 0 Å². The Balaban J connectivity index is 1.91. The van der Waals surface area contributed by atoms with Gasteiger partial charge in [0.1, 0.15) is 5.82 Å². The van der Waals surface area contributed by atoms with E-state index in [-0.39, 0.29) is 18.2 Å². The number of amides is 2. The zero-order chi connectivity index (χ0) is 18.0. The van der Waals surface area contributed by atoms with Crippen LogP contribution in [0, 0.1) is 12.7 Å². The second kappa shape index (κ2) is 7.07. The SMILES string of the molecule is Cc1c(Cl)cccc1NC(=O)C1=CNC(=O)C[C@H]1c1cccc(F)c1. The molecule has 0 saturated heterocycles. The summed E-state index contributed by atoms with van der Waals surface area (Å²) in [5.41, 5.74) is 2.29. The third kappa shape index (κ3) is 3.72. The second-order valence-electron chi connectivity index (χ2n) is 5.85. The Labute approximate surface area is 149 Å². The highest BCUT2D eigenvalue weighted by atomic mass is 35.5. The van der Waals surface area contributed by atoms with Gasteiger partial charge in [-0.1, -0.05) is 29.8 Å². The lowest BCUT2D eigenvalue weighted by Crippen LogP contribution is -2.32. The van der Waals surface area contributed by atoms with Crippen molar-refractivity contribution >= 4 is 29.1 Å². The van der Waals surface area contributed by atoms with Crippen LogP contribution in [0.2, 0.25) is 5.02 Å². The first-order valence-electron chi connectivity index (χ1n) is 7.77. The third-order valence-corrected chi connectivity index (χ3v) is 4.59. The predicted molar refractivity (Wildman–Crippen MR) is 94.8 cm³/mol. The summed E-state index contributed by atoms with van der Waals surface area (Å²) in [6.45, 7) is 1.80. The van der Waals surface area contributed by atoms with E-state index in [2.05, 4.69) is 10.6 Å². The van der Waals surface area contributed by atoms with Crippen molar-refractivity contribution in [1.29, 1.82) is 0 Å². The Bertz CT molecular complexity index is 879. The molecule has 2 aromatic carbocycles. The Morgan fingerprint density at radius 3 is 2.80 bits per heavy atom. The third-order valence-electron chi connectivity index (χ3n) is 4.18. The van der Waals surface area contributed by atoms with Crippen LogP contribution in [0.5, 0.6) is 0 Å². The zero-order valence-corrected chi connectivity index (χ0v) is 14.2. The van der Waals surface area contributed by atoms with Gasteiger partial charge in [-0.3, -0.25) is 9.59 Å². The maximum absolute atomic E-state index is 13.6. The summed E-state index contributed by atoms with van der Waals surface area (Å²) >= 11 is 6.08. The van der Waals surface area contributed by atoms with Gasteiger partial charge in [0, 0.05) is 34.8 Å². The minimum atomic E-state index is -0.510. The number of halogens is 2. The largest absolute Gasteiger partial charge is 0.332 e. The minimum absolute atomic E-state index is 0.0806. The van der Waals surface area contributed by atoms with Crippen molar-refractivity contribution in [1.82, 2.24) is 5.32 Å². The molecule has 0 aromatic heterocycles. The molecular weight excluding hydrogens is 343 g/mol. The molecule has 3 rings (SSSR count). The van der Waals surface area contributed by atoms with Crippen molar-refractivity contribution in [2.75, 3.05) is 5.32 Å². The van der Waals surface area contributed by atoms with E-state index in [0.717, 1.165) is 5.56 Å². The van der Waals surface area contributed by atoms with Crippen LogP contribution >= 0.6 is 11.6 Å². The average Bonchev–Trinajstić information content (AvgIpc) is 2.59. The van der Waals surface area contributed by atoms with Crippen LogP contribution in [0.1, 0.15) is 23.5 Å². The number of carbonyl (C=O) groups is 2. The van der Waals surface area contributed by atoms with Crippen LogP contribution in [0.4, 0.5) is 10.1 Å². The minimum Gasteiger partial charge on any atom is -0.332 e. The Kier molecular flexibility index (Phi) is 4.86. The average molecular weight is 359 g/mol. The highest BCUT2D eigenvalue weighted by Crippen LogP contribution is 2.32. The molecule has 0 fully saturated rings. The molecule has 25 heavy (non-hydrogen) atoms. The lowest BCUT2D eigenvalue weighted by molar-refractivity contribution is -0.121. The molecule has 0 unspecified atom stereocenters. The number of carbonyl (C=O) groups excluding carboxylic acids is 2. The highest BCUT2D eigenvalue weighted by molar-refractivity contribution is 6.31. The van der Waals surface area contributed by atoms with Crippen LogP contribution in [0.25, 0.3) is 0 Å². The summed E-state index contributed by atoms with van der Waals surface area (Å²) in [6, 6.07) is 11.2. The van der Waals surface area contributed by atoms with Gasteiger partial charge in [0.05, 0.1) is 0 Å². The quantitative estimate of drug-likeness (QED) is 0.873. The van der Waals surface area contributed by atoms with E-state index < -0.39 is 11.7 Å². The number of hydrogen-bond acceptors (Lipinski definition) is 2. The Hall–Kier alpha value is -2.66. The summed E-state index contributed by atoms with van der Waals surface area (Å²) in [7, 11) is 0. The first kappa shape index (κ1) is 17.2. The van der Waals surface area contributed by atoms with Crippen molar-refractivity contribution in [2.45, 2.75) is 19.3 Å². The maximum atomic E-state index is 13.6. The van der Waals surface area contributed by atoms with Crippen molar-refractivity contribution < 1.29 is 14.0 Å². The van der Waals surface area contributed by atoms with Gasteiger partial charge in [0.25, 0.3) is 5.91 Å². The zero-order valence-electron chi connectivity index (χ0n) is 13.5. The normalized spacial score (nSPS) is 16.8. The summed E-state index contributed by atoms with van der Waals surface area (Å²) in [5.74, 6) is -1.50. The molecule has 0 bridgehead atoms. The van der Waals surface area contributed by atoms with Gasteiger partial charge in [-0.25, -0.2) is 4.39 Å². The number of hydrogen-bond donors (Lipinski definition) is 2. The summed E-state index contributed by atoms with van der Waals surface area (Å²) < 4.78 is 13.6. The van der Waals surface area contributed by atoms with Gasteiger partial charge in [-0.2, -0.15) is 0 Å². The van der Waals surface area contributed by atoms with E-state index in [0.29, 0.717) is 21.8 Å². The van der Waals surface area contributed by atoms with Crippen molar-refractivity contribution in [2.24, 2.45) is 0 Å². The molecule has 4 nitrogen and oxygen atoms in total. The smallest absolute Gasteiger partial charge is 0.253 e. The molecule has 128 valence electrons. The number of nitrogens with one attached hydrogen (secondary N) is 2. The molecule has 2 amide bonds. The molecular formula is C19H16ClFN2O2. The van der Waals surface area contributed by atoms with Gasteiger partial charge < -0.3 is 10.6 Å². The molecule has 1 aliphatic rings. The first-order chi connectivity index (χ1) is 12.0. The van der Waals surface area contributed by atoms with Crippen LogP contribution in [0.3, 0.4) is 0 Å². The highest BCUT2D eigenvalue weighted by Gasteiger charge is 2.29. The molecule has 0 radical (unpaired) electrons. The fraction of sp³-hybridized carbons (Fsp3) is 0.158. The first-order valence-corrected chi connectivity index (χ1v) is 8.15. The molecule has 2 aromatic rings. The van der Waals surface area contributed by atoms with Gasteiger partial charge in [-0.15, -0.1) is 0 Å². The molecule has 0 aliphatic carbocycles. The molecule has 1 aliphatic heterocycles. The fourth-order valence-corrected chi connectivity index (χ4v) is 2.97. The van der Waals surface area contributed by atoms with Crippen LogP contribution in [0.15, 0.2) is 54.2 Å². The Morgan fingerprint density at radius 2 is 2.04 bits per heavy atom. The van der Waals surface area contributed by atoms with Crippen molar-refractivity contribution in [3.63, 3.8) is 0 Å². The number of anilines is 1. The van der Waals surface area contributed by atoms with Gasteiger partial charge in [0.15, 0.2) is 0 Å². The fourth-order valence-electron chi connectivity index (χ4n) is 2.80. The van der Waals surface area contributed by atoms with Gasteiger partial charge in [0.2, 0.25) is 5.91 Å². The van der Waals surface area contributed by atoms with E-state index in [1.165, 1.54) is 18.3 Å². The van der Waals surface area contributed by atoms with Gasteiger partial charge >= 0.3 is 0 Å². The summed E-state index contributed by atoms with van der Waals surface area (Å²) in [4.78, 5) is 24.5. The maximum Gasteiger partial charge on any atom is 0.253 e. The molecule has 1 heterocycles. The van der Waals surface area contributed by atoms with Crippen molar-refractivity contribution in [3.8, 4) is 0 Å². The van der Waals surface area contributed by atoms with Crippen LogP contribution in [-0.2, 0) is 9.59 Å². The topological polar surface area (TPSA) is 58.2 Å². The molecule has 0 saturated carbocycles. The monoisotopic (exact) mass is 358 g/mol. The standard InChI is InChI=1S/C19H16ClFN2O2/c1-11-16(20)6-3-7-17(11)23-19(25)15-10-22-18(24)9-14(15)12-4-2-5-13(21)8-12/h2-8,10,14H,9H2,1H3,(H,22,24)(H,23,25)/t14-/m0/s1. The predicted octanol–water partition coefficient (Wildman–Crippen LogP) is 3.91. The van der Waals surface area contributed by atoms with E-state index in [1.54, 1.807) is 37.3 Å². The molecule has 0 spiro atoms. The van der Waals surface area contributed by atoms with E-state index in [4.69, 9.17) is 11.6 Å². The second-order valence-corrected chi connectivity index (χ2v) is 6.25. The Morgan fingerprint density at radius 1 is 1.28 bits per heavy atom. The van der Waals surface area contributed by atoms with Crippen LogP contribution < -0.4 is 10.6 Å².